The molecule has 1 rings (SSSR count). The molecular weight excluding hydrogens is 178 g/mol. The van der Waals surface area contributed by atoms with Gasteiger partial charge in [-0.2, -0.15) is 5.26 Å². The van der Waals surface area contributed by atoms with Crippen molar-refractivity contribution in [2.45, 2.75) is 0 Å². The normalized spacial score (nSPS) is 8.00. The zero-order chi connectivity index (χ0) is 10.4. The second-order valence-electron chi connectivity index (χ2n) is 2.38. The maximum atomic E-state index is 10.0. The zero-order valence-corrected chi connectivity index (χ0v) is 7.57. The number of nitriles is 1. The summed E-state index contributed by atoms with van der Waals surface area (Å²) in [6, 6.07) is 7.03. The van der Waals surface area contributed by atoms with E-state index in [0.717, 1.165) is 0 Å². The van der Waals surface area contributed by atoms with Gasteiger partial charge < -0.3 is 4.74 Å². The third kappa shape index (κ3) is 1.91. The number of ether oxygens (including phenoxy) is 1. The highest BCUT2D eigenvalue weighted by molar-refractivity contribution is 5.74. The summed E-state index contributed by atoms with van der Waals surface area (Å²) in [5, 5.41) is 8.84. The van der Waals surface area contributed by atoms with Crippen LogP contribution in [0.15, 0.2) is 18.2 Å². The smallest absolute Gasteiger partial charge is 0.193 e. The van der Waals surface area contributed by atoms with E-state index in [1.807, 2.05) is 6.07 Å². The second-order valence-corrected chi connectivity index (χ2v) is 2.38. The molecule has 3 heteroatoms. The van der Waals surface area contributed by atoms with Crippen LogP contribution in [0.4, 0.5) is 0 Å². The van der Waals surface area contributed by atoms with Gasteiger partial charge in [-0.3, -0.25) is 4.79 Å². The fourth-order valence-electron chi connectivity index (χ4n) is 1.03. The number of hydrogen-bond acceptors (Lipinski definition) is 3. The van der Waals surface area contributed by atoms with Gasteiger partial charge in [-0.1, -0.05) is 12.0 Å². The Balaban J connectivity index is 3.30. The second kappa shape index (κ2) is 4.69. The first-order valence-electron chi connectivity index (χ1n) is 3.85. The van der Waals surface area contributed by atoms with Crippen molar-refractivity contribution in [1.82, 2.24) is 0 Å². The van der Waals surface area contributed by atoms with E-state index in [9.17, 15) is 4.79 Å². The van der Waals surface area contributed by atoms with E-state index in [0.29, 0.717) is 23.2 Å². The van der Waals surface area contributed by atoms with Gasteiger partial charge in [0, 0.05) is 5.56 Å². The van der Waals surface area contributed by atoms with Crippen LogP contribution >= 0.6 is 0 Å². The quantitative estimate of drug-likeness (QED) is 0.486. The molecule has 0 amide bonds. The van der Waals surface area contributed by atoms with Gasteiger partial charge in [0.15, 0.2) is 6.29 Å². The average molecular weight is 185 g/mol. The molecule has 0 spiro atoms. The van der Waals surface area contributed by atoms with E-state index in [2.05, 4.69) is 11.8 Å². The van der Waals surface area contributed by atoms with Crippen LogP contribution in [0, 0.1) is 23.2 Å². The Morgan fingerprint density at radius 1 is 1.50 bits per heavy atom. The Morgan fingerprint density at radius 2 is 2.29 bits per heavy atom. The Kier molecular flexibility index (Phi) is 3.29. The Hall–Kier alpha value is -2.26. The van der Waals surface area contributed by atoms with Gasteiger partial charge in [0.25, 0.3) is 0 Å². The number of carbonyl (C=O) groups is 1. The summed E-state index contributed by atoms with van der Waals surface area (Å²) in [7, 11) is 1.48. The molecule has 0 unspecified atom stereocenters. The lowest BCUT2D eigenvalue weighted by atomic mass is 10.1. The van der Waals surface area contributed by atoms with Gasteiger partial charge in [0.05, 0.1) is 7.11 Å². The summed E-state index contributed by atoms with van der Waals surface area (Å²) < 4.78 is 4.98. The van der Waals surface area contributed by atoms with Crippen LogP contribution in [0.2, 0.25) is 0 Å². The molecule has 3 nitrogen and oxygen atoms in total. The number of aldehydes is 1. The minimum absolute atomic E-state index is 0.351. The fraction of sp³-hybridized carbons (Fsp3) is 0.0909. The van der Waals surface area contributed by atoms with Crippen LogP contribution in [0.3, 0.4) is 0 Å². The summed E-state index contributed by atoms with van der Waals surface area (Å²) in [5.41, 5.74) is 0.850. The molecular formula is C11H7NO2. The van der Waals surface area contributed by atoms with Crippen molar-refractivity contribution in [3.63, 3.8) is 0 Å². The summed E-state index contributed by atoms with van der Waals surface area (Å²) in [6.45, 7) is 0. The van der Waals surface area contributed by atoms with Crippen LogP contribution < -0.4 is 4.74 Å². The number of methoxy groups -OCH3 is 1. The zero-order valence-electron chi connectivity index (χ0n) is 7.57. The largest absolute Gasteiger partial charge is 0.495 e. The Labute approximate surface area is 81.9 Å². The van der Waals surface area contributed by atoms with Crippen LogP contribution in [0.1, 0.15) is 11.1 Å². The number of carbonyl (C=O) groups excluding carboxylic acids is 1. The first-order valence-corrected chi connectivity index (χ1v) is 3.85. The Bertz CT molecular complexity index is 447. The first kappa shape index (κ1) is 9.83. The van der Waals surface area contributed by atoms with Gasteiger partial charge in [-0.15, -0.1) is 0 Å². The molecule has 0 fully saturated rings. The molecule has 1 aromatic carbocycles. The van der Waals surface area contributed by atoms with Crippen LogP contribution in [0.25, 0.3) is 0 Å². The molecule has 0 saturated carbocycles. The molecule has 0 atom stereocenters. The number of hydrogen-bond donors (Lipinski definition) is 0. The highest BCUT2D eigenvalue weighted by Crippen LogP contribution is 2.20. The molecule has 68 valence electrons. The van der Waals surface area contributed by atoms with Gasteiger partial charge in [0.1, 0.15) is 17.4 Å². The molecule has 0 aliphatic carbocycles. The third-order valence-electron chi connectivity index (χ3n) is 1.62. The molecule has 0 aromatic heterocycles. The molecule has 0 bridgehead atoms. The predicted octanol–water partition coefficient (Wildman–Crippen LogP) is 1.12. The van der Waals surface area contributed by atoms with Crippen LogP contribution in [0.5, 0.6) is 5.75 Å². The number of benzene rings is 1. The van der Waals surface area contributed by atoms with Crippen molar-refractivity contribution in [3.8, 4) is 23.7 Å². The predicted molar refractivity (Wildman–Crippen MR) is 50.7 cm³/mol. The number of nitrogens with zero attached hydrogens (tertiary/aromatic N) is 1. The van der Waals surface area contributed by atoms with Crippen molar-refractivity contribution in [2.24, 2.45) is 0 Å². The lowest BCUT2D eigenvalue weighted by molar-refractivity contribution is -0.103. The van der Waals surface area contributed by atoms with Crippen LogP contribution in [-0.4, -0.2) is 13.4 Å². The molecule has 0 saturated heterocycles. The molecule has 0 aliphatic rings. The number of rotatable bonds is 1. The first-order chi connectivity index (χ1) is 6.83. The lowest BCUT2D eigenvalue weighted by Gasteiger charge is -2.02. The maximum Gasteiger partial charge on any atom is 0.193 e. The summed E-state index contributed by atoms with van der Waals surface area (Å²) in [4.78, 5) is 10.0. The summed E-state index contributed by atoms with van der Waals surface area (Å²) in [6.07, 6.45) is 0.487. The standard InChI is InChI=1S/C11H7NO2/c1-14-11-6-2-4-9(5-3-7-13)10(11)8-12/h2,4,6-7H,1H3. The van der Waals surface area contributed by atoms with Crippen LogP contribution in [-0.2, 0) is 4.79 Å². The monoisotopic (exact) mass is 185 g/mol. The van der Waals surface area contributed by atoms with E-state index in [-0.39, 0.29) is 0 Å². The third-order valence-corrected chi connectivity index (χ3v) is 1.62. The van der Waals surface area contributed by atoms with Gasteiger partial charge in [-0.05, 0) is 18.1 Å². The van der Waals surface area contributed by atoms with Gasteiger partial charge >= 0.3 is 0 Å². The van der Waals surface area contributed by atoms with Crippen molar-refractivity contribution < 1.29 is 9.53 Å². The molecule has 0 radical (unpaired) electrons. The van der Waals surface area contributed by atoms with Crippen molar-refractivity contribution in [3.05, 3.63) is 29.3 Å². The van der Waals surface area contributed by atoms with Gasteiger partial charge in [0.2, 0.25) is 0 Å². The Morgan fingerprint density at radius 3 is 2.86 bits per heavy atom. The average Bonchev–Trinajstić information content (AvgIpc) is 2.25. The summed E-state index contributed by atoms with van der Waals surface area (Å²) >= 11 is 0. The topological polar surface area (TPSA) is 50.1 Å². The van der Waals surface area contributed by atoms with E-state index in [1.54, 1.807) is 18.2 Å². The SMILES string of the molecule is COc1cccc(C#CC=O)c1C#N. The minimum atomic E-state index is 0.351. The fourth-order valence-corrected chi connectivity index (χ4v) is 1.03. The summed E-state index contributed by atoms with van der Waals surface area (Å²) in [5.74, 6) is 5.28. The molecule has 14 heavy (non-hydrogen) atoms. The minimum Gasteiger partial charge on any atom is -0.495 e. The van der Waals surface area contributed by atoms with Gasteiger partial charge in [-0.25, -0.2) is 0 Å². The molecule has 0 aliphatic heterocycles. The molecule has 1 aromatic rings. The van der Waals surface area contributed by atoms with E-state index >= 15 is 0 Å². The molecule has 0 heterocycles. The maximum absolute atomic E-state index is 10.0. The van der Waals surface area contributed by atoms with E-state index in [4.69, 9.17) is 10.00 Å². The highest BCUT2D eigenvalue weighted by atomic mass is 16.5. The van der Waals surface area contributed by atoms with E-state index < -0.39 is 0 Å². The van der Waals surface area contributed by atoms with Crippen molar-refractivity contribution >= 4 is 6.29 Å². The van der Waals surface area contributed by atoms with E-state index in [1.165, 1.54) is 7.11 Å². The van der Waals surface area contributed by atoms with Crippen molar-refractivity contribution in [1.29, 1.82) is 5.26 Å². The molecule has 0 N–H and O–H groups in total. The van der Waals surface area contributed by atoms with Crippen molar-refractivity contribution in [2.75, 3.05) is 7.11 Å². The highest BCUT2D eigenvalue weighted by Gasteiger charge is 2.05. The lowest BCUT2D eigenvalue weighted by Crippen LogP contribution is -1.90.